The summed E-state index contributed by atoms with van der Waals surface area (Å²) in [6, 6.07) is 6.45. The number of aromatic nitrogens is 2. The number of hydrogen-bond donors (Lipinski definition) is 6. The zero-order valence-corrected chi connectivity index (χ0v) is 19.9. The number of phosphoric acid groups is 1. The van der Waals surface area contributed by atoms with Crippen LogP contribution < -0.4 is 11.1 Å². The second-order valence-corrected chi connectivity index (χ2v) is 9.46. The van der Waals surface area contributed by atoms with Crippen LogP contribution in [-0.2, 0) is 20.4 Å². The monoisotopic (exact) mass is 502 g/mol. The predicted molar refractivity (Wildman–Crippen MR) is 126 cm³/mol. The van der Waals surface area contributed by atoms with Crippen molar-refractivity contribution in [1.82, 2.24) is 15.3 Å². The van der Waals surface area contributed by atoms with Crippen LogP contribution in [0.5, 0.6) is 0 Å². The lowest BCUT2D eigenvalue weighted by Crippen LogP contribution is -2.25. The molecule has 0 bridgehead atoms. The average Bonchev–Trinajstić information content (AvgIpc) is 2.71. The van der Waals surface area contributed by atoms with Gasteiger partial charge in [-0.3, -0.25) is 9.32 Å². The van der Waals surface area contributed by atoms with Gasteiger partial charge in [-0.05, 0) is 30.9 Å². The molecule has 1 aromatic heterocycles. The molecule has 0 saturated carbocycles. The molecule has 0 radical (unpaired) electrons. The number of carbonyl (C=O) groups excluding carboxylic acids is 1. The van der Waals surface area contributed by atoms with Gasteiger partial charge in [-0.1, -0.05) is 23.7 Å². The Morgan fingerprint density at radius 3 is 2.56 bits per heavy atom. The van der Waals surface area contributed by atoms with E-state index in [1.165, 1.54) is 6.20 Å². The Kier molecular flexibility index (Phi) is 9.53. The molecule has 1 aromatic carbocycles. The van der Waals surface area contributed by atoms with E-state index in [4.69, 9.17) is 27.1 Å². The second-order valence-electron chi connectivity index (χ2n) is 6.60. The van der Waals surface area contributed by atoms with Gasteiger partial charge in [-0.15, -0.1) is 11.4 Å². The Morgan fingerprint density at radius 2 is 1.97 bits per heavy atom. The average molecular weight is 503 g/mol. The minimum Gasteiger partial charge on any atom is -0.383 e. The standard InChI is InChI=1S/C19H24ClN4O6PS/c1-11(18(25)23-10-14-9-22-12(2)24-17(14)21)16(7-8-30-31(27,28)29)32-19(26)13-3-5-15(20)6-4-13/h3-6,9,26,32H,7-8,10H2,1-2H3,(H,23,25)(H2,21,22,24)(H2,27,28,29)/b16-11-. The number of aliphatic hydroxyl groups is 1. The van der Waals surface area contributed by atoms with Gasteiger partial charge in [0.25, 0.3) is 0 Å². The number of thiol groups is 1. The summed E-state index contributed by atoms with van der Waals surface area (Å²) in [5.74, 6) is 0.308. The topological polar surface area (TPSA) is 168 Å². The summed E-state index contributed by atoms with van der Waals surface area (Å²) in [4.78, 5) is 39.0. The molecule has 0 fully saturated rings. The van der Waals surface area contributed by atoms with Crippen LogP contribution in [0.4, 0.5) is 5.82 Å². The quantitative estimate of drug-likeness (QED) is 0.131. The third-order valence-electron chi connectivity index (χ3n) is 4.17. The highest BCUT2D eigenvalue weighted by Gasteiger charge is 2.16. The van der Waals surface area contributed by atoms with Crippen molar-refractivity contribution in [3.05, 3.63) is 62.9 Å². The molecule has 0 aliphatic rings. The molecule has 0 saturated heterocycles. The Bertz CT molecular complexity index is 1090. The number of halogens is 1. The number of amides is 1. The molecule has 1 amide bonds. The van der Waals surface area contributed by atoms with E-state index in [0.717, 1.165) is 0 Å². The molecule has 0 unspecified atom stereocenters. The van der Waals surface area contributed by atoms with E-state index in [1.54, 1.807) is 38.1 Å². The summed E-state index contributed by atoms with van der Waals surface area (Å²) in [6.07, 6.45) is 1.52. The maximum absolute atomic E-state index is 12.7. The van der Waals surface area contributed by atoms with E-state index < -0.39 is 13.7 Å². The first kappa shape index (κ1) is 26.1. The minimum atomic E-state index is -4.67. The fraction of sp³-hybridized carbons (Fsp3) is 0.263. The number of phosphoric ester groups is 1. The fourth-order valence-electron chi connectivity index (χ4n) is 2.47. The number of aliphatic hydroxyl groups excluding tert-OH is 1. The third-order valence-corrected chi connectivity index (χ3v) is 6.24. The fourth-order valence-corrected chi connectivity index (χ4v) is 3.93. The van der Waals surface area contributed by atoms with Crippen LogP contribution in [0.2, 0.25) is 5.02 Å². The van der Waals surface area contributed by atoms with E-state index in [2.05, 4.69) is 19.8 Å². The summed E-state index contributed by atoms with van der Waals surface area (Å²) >= 11 is 6.14. The van der Waals surface area contributed by atoms with Gasteiger partial charge in [0.2, 0.25) is 5.91 Å². The zero-order valence-electron chi connectivity index (χ0n) is 17.3. The molecule has 2 aromatic rings. The van der Waals surface area contributed by atoms with Gasteiger partial charge < -0.3 is 25.9 Å². The molecule has 0 atom stereocenters. The Balaban J connectivity index is 2.25. The number of aryl methyl sites for hydroxylation is 1. The molecule has 1 heterocycles. The van der Waals surface area contributed by atoms with Crippen molar-refractivity contribution >= 4 is 47.6 Å². The number of hydrogen-bond acceptors (Lipinski definition) is 6. The zero-order chi connectivity index (χ0) is 23.9. The minimum absolute atomic E-state index is 0.000645. The molecule has 2 rings (SSSR count). The maximum atomic E-state index is 12.7. The number of benzene rings is 1. The summed E-state index contributed by atoms with van der Waals surface area (Å²) in [5.41, 5.74) is 7.12. The van der Waals surface area contributed by atoms with Crippen molar-refractivity contribution in [2.45, 2.75) is 26.8 Å². The van der Waals surface area contributed by atoms with Gasteiger partial charge in [0.1, 0.15) is 16.7 Å². The van der Waals surface area contributed by atoms with Crippen LogP contribution >= 0.6 is 30.8 Å². The maximum Gasteiger partial charge on any atom is 0.469 e. The van der Waals surface area contributed by atoms with Crippen molar-refractivity contribution in [3.63, 3.8) is 0 Å². The van der Waals surface area contributed by atoms with E-state index in [9.17, 15) is 14.5 Å². The molecule has 0 aliphatic heterocycles. The summed E-state index contributed by atoms with van der Waals surface area (Å²) in [5, 5.41) is 13.7. The van der Waals surface area contributed by atoms with E-state index in [1.807, 2.05) is 0 Å². The lowest BCUT2D eigenvalue weighted by Gasteiger charge is -2.13. The van der Waals surface area contributed by atoms with E-state index >= 15 is 0 Å². The van der Waals surface area contributed by atoms with E-state index in [0.29, 0.717) is 26.9 Å². The molecule has 6 N–H and O–H groups in total. The first-order valence-electron chi connectivity index (χ1n) is 9.26. The van der Waals surface area contributed by atoms with Crippen LogP contribution in [0.3, 0.4) is 0 Å². The lowest BCUT2D eigenvalue weighted by molar-refractivity contribution is -0.117. The Hall–Kier alpha value is -2.11. The van der Waals surface area contributed by atoms with Gasteiger partial charge in [-0.2, -0.15) is 0 Å². The highest BCUT2D eigenvalue weighted by molar-refractivity contribution is 8.02. The molecule has 13 heteroatoms. The molecular weight excluding hydrogens is 479 g/mol. The molecule has 10 nitrogen and oxygen atoms in total. The van der Waals surface area contributed by atoms with Crippen molar-refractivity contribution in [1.29, 1.82) is 0 Å². The first-order valence-corrected chi connectivity index (χ1v) is 12.1. The number of nitrogens with one attached hydrogen (secondary N) is 1. The van der Waals surface area contributed by atoms with Crippen molar-refractivity contribution in [3.8, 4) is 0 Å². The van der Waals surface area contributed by atoms with Crippen LogP contribution in [0.15, 0.2) is 40.9 Å². The van der Waals surface area contributed by atoms with Crippen LogP contribution in [-0.4, -0.2) is 42.4 Å². The highest BCUT2D eigenvalue weighted by Crippen LogP contribution is 2.36. The predicted octanol–water partition coefficient (Wildman–Crippen LogP) is 2.61. The number of nitrogen functional groups attached to an aromatic ring is 1. The van der Waals surface area contributed by atoms with Crippen molar-refractivity contribution in [2.75, 3.05) is 12.3 Å². The molecule has 0 spiro atoms. The van der Waals surface area contributed by atoms with Crippen LogP contribution in [0.25, 0.3) is 0 Å². The smallest absolute Gasteiger partial charge is 0.383 e. The number of carbonyl (C=O) groups is 1. The number of nitrogens with two attached hydrogens (primary N) is 1. The van der Waals surface area contributed by atoms with Crippen molar-refractivity contribution in [2.24, 2.45) is 0 Å². The van der Waals surface area contributed by atoms with E-state index in [-0.39, 0.29) is 47.4 Å². The Morgan fingerprint density at radius 1 is 1.31 bits per heavy atom. The molecule has 32 heavy (non-hydrogen) atoms. The SMILES string of the molecule is C/C(C(=O)NCc1cnc(C)nc1N)=C(CCOP(=O)(O)O)/[SH]=C(\O)c1ccc(Cl)cc1. The summed E-state index contributed by atoms with van der Waals surface area (Å²) < 4.78 is 15.5. The Labute approximate surface area is 193 Å². The third kappa shape index (κ3) is 8.44. The molecule has 0 aliphatic carbocycles. The number of rotatable bonds is 9. The van der Waals surface area contributed by atoms with Gasteiger partial charge >= 0.3 is 7.82 Å². The summed E-state index contributed by atoms with van der Waals surface area (Å²) in [7, 11) is -4.67. The number of nitrogens with zero attached hydrogens (tertiary/aromatic N) is 2. The molecular formula is C19H24ClN4O6PS. The van der Waals surface area contributed by atoms with Gasteiger partial charge in [0.05, 0.1) is 6.61 Å². The highest BCUT2D eigenvalue weighted by atomic mass is 35.5. The largest absolute Gasteiger partial charge is 0.469 e. The molecule has 174 valence electrons. The second kappa shape index (κ2) is 11.7. The summed E-state index contributed by atoms with van der Waals surface area (Å²) in [6.45, 7) is 2.97. The van der Waals surface area contributed by atoms with Gasteiger partial charge in [0.15, 0.2) is 0 Å². The van der Waals surface area contributed by atoms with Crippen molar-refractivity contribution < 1.29 is 28.8 Å². The van der Waals surface area contributed by atoms with Gasteiger partial charge in [-0.25, -0.2) is 14.5 Å². The number of anilines is 1. The van der Waals surface area contributed by atoms with Crippen LogP contribution in [0.1, 0.15) is 30.3 Å². The van der Waals surface area contributed by atoms with Gasteiger partial charge in [0, 0.05) is 40.9 Å². The lowest BCUT2D eigenvalue weighted by atomic mass is 10.2. The van der Waals surface area contributed by atoms with Crippen LogP contribution in [0, 0.1) is 6.92 Å². The normalized spacial score (nSPS) is 13.2. The first-order chi connectivity index (χ1) is 15.0.